The van der Waals surface area contributed by atoms with Gasteiger partial charge in [0, 0.05) is 17.5 Å². The van der Waals surface area contributed by atoms with E-state index < -0.39 is 10.0 Å². The highest BCUT2D eigenvalue weighted by molar-refractivity contribution is 7.92. The number of hydrogen-bond donors (Lipinski definition) is 1. The fraction of sp³-hybridized carbons (Fsp3) is 0.250. The minimum Gasteiger partial charge on any atom is -0.490 e. The summed E-state index contributed by atoms with van der Waals surface area (Å²) in [5.74, 6) is 0.994. The molecule has 1 heterocycles. The molecule has 2 aromatic rings. The topological polar surface area (TPSA) is 64.6 Å². The smallest absolute Gasteiger partial charge is 0.262 e. The average Bonchev–Trinajstić information content (AvgIpc) is 2.76. The number of benzene rings is 2. The number of anilines is 1. The molecule has 3 rings (SSSR count). The Morgan fingerprint density at radius 1 is 1.09 bits per heavy atom. The average molecular weight is 354 g/mol. The molecule has 1 aliphatic heterocycles. The summed E-state index contributed by atoms with van der Waals surface area (Å²) in [7, 11) is -3.74. The zero-order valence-corrected chi connectivity index (χ0v) is 14.1. The van der Waals surface area contributed by atoms with Crippen LogP contribution in [0, 0.1) is 6.92 Å². The first kappa shape index (κ1) is 16.0. The largest absolute Gasteiger partial charge is 0.490 e. The van der Waals surface area contributed by atoms with Crippen molar-refractivity contribution in [2.24, 2.45) is 0 Å². The summed E-state index contributed by atoms with van der Waals surface area (Å²) >= 11 is 6.03. The highest BCUT2D eigenvalue weighted by atomic mass is 35.5. The van der Waals surface area contributed by atoms with E-state index in [0.717, 1.165) is 6.42 Å². The number of nitrogens with one attached hydrogen (secondary N) is 1. The van der Waals surface area contributed by atoms with E-state index in [1.165, 1.54) is 12.1 Å². The Balaban J connectivity index is 1.94. The molecule has 0 bridgehead atoms. The van der Waals surface area contributed by atoms with Crippen LogP contribution < -0.4 is 14.2 Å². The van der Waals surface area contributed by atoms with Crippen molar-refractivity contribution in [2.75, 3.05) is 17.9 Å². The second-order valence-electron chi connectivity index (χ2n) is 5.18. The van der Waals surface area contributed by atoms with Crippen molar-refractivity contribution in [2.45, 2.75) is 18.2 Å². The first-order valence-corrected chi connectivity index (χ1v) is 9.01. The van der Waals surface area contributed by atoms with Gasteiger partial charge in [-0.1, -0.05) is 17.7 Å². The first-order valence-electron chi connectivity index (χ1n) is 7.15. The van der Waals surface area contributed by atoms with E-state index in [0.29, 0.717) is 41.0 Å². The van der Waals surface area contributed by atoms with Crippen LogP contribution in [0.1, 0.15) is 12.0 Å². The van der Waals surface area contributed by atoms with E-state index in [-0.39, 0.29) is 4.90 Å². The quantitative estimate of drug-likeness (QED) is 0.915. The minimum absolute atomic E-state index is 0.112. The van der Waals surface area contributed by atoms with Gasteiger partial charge in [0.2, 0.25) is 0 Å². The van der Waals surface area contributed by atoms with E-state index in [9.17, 15) is 8.42 Å². The number of sulfonamides is 1. The van der Waals surface area contributed by atoms with Crippen LogP contribution in [0.5, 0.6) is 11.5 Å². The Kier molecular flexibility index (Phi) is 4.37. The third-order valence-corrected chi connectivity index (χ3v) is 5.31. The predicted molar refractivity (Wildman–Crippen MR) is 89.0 cm³/mol. The van der Waals surface area contributed by atoms with Crippen molar-refractivity contribution in [3.8, 4) is 11.5 Å². The van der Waals surface area contributed by atoms with Crippen LogP contribution in [0.2, 0.25) is 5.02 Å². The summed E-state index contributed by atoms with van der Waals surface area (Å²) in [6.45, 7) is 2.81. The number of hydrogen-bond acceptors (Lipinski definition) is 4. The van der Waals surface area contributed by atoms with E-state index in [1.807, 2.05) is 0 Å². The maximum absolute atomic E-state index is 12.6. The monoisotopic (exact) mass is 353 g/mol. The standard InChI is InChI=1S/C16H16ClNO4S/c1-11-13(17)4-2-5-14(11)18-23(19,20)12-6-7-15-16(10-12)22-9-3-8-21-15/h2,4-7,10,18H,3,8-9H2,1H3. The maximum Gasteiger partial charge on any atom is 0.262 e. The molecule has 1 N–H and O–H groups in total. The van der Waals surface area contributed by atoms with E-state index in [2.05, 4.69) is 4.72 Å². The van der Waals surface area contributed by atoms with E-state index in [4.69, 9.17) is 21.1 Å². The second kappa shape index (κ2) is 6.29. The minimum atomic E-state index is -3.74. The van der Waals surface area contributed by atoms with Crippen molar-refractivity contribution in [3.63, 3.8) is 0 Å². The molecule has 0 saturated carbocycles. The summed E-state index contributed by atoms with van der Waals surface area (Å²) in [6, 6.07) is 9.66. The number of fused-ring (bicyclic) bond motifs is 1. The van der Waals surface area contributed by atoms with E-state index >= 15 is 0 Å². The molecule has 0 unspecified atom stereocenters. The Morgan fingerprint density at radius 2 is 1.83 bits per heavy atom. The van der Waals surface area contributed by atoms with Crippen LogP contribution in [0.25, 0.3) is 0 Å². The molecule has 7 heteroatoms. The van der Waals surface area contributed by atoms with Gasteiger partial charge in [0.1, 0.15) is 0 Å². The van der Waals surface area contributed by atoms with Crippen LogP contribution in [-0.4, -0.2) is 21.6 Å². The molecule has 2 aromatic carbocycles. The number of rotatable bonds is 3. The molecular formula is C16H16ClNO4S. The SMILES string of the molecule is Cc1c(Cl)cccc1NS(=O)(=O)c1ccc2c(c1)OCCCO2. The zero-order chi connectivity index (χ0) is 16.4. The molecular weight excluding hydrogens is 338 g/mol. The molecule has 0 radical (unpaired) electrons. The fourth-order valence-electron chi connectivity index (χ4n) is 2.23. The van der Waals surface area contributed by atoms with Gasteiger partial charge in [-0.25, -0.2) is 8.42 Å². The van der Waals surface area contributed by atoms with Crippen LogP contribution in [0.4, 0.5) is 5.69 Å². The summed E-state index contributed by atoms with van der Waals surface area (Å²) < 4.78 is 38.8. The molecule has 122 valence electrons. The van der Waals surface area contributed by atoms with Gasteiger partial charge >= 0.3 is 0 Å². The van der Waals surface area contributed by atoms with Gasteiger partial charge in [0.25, 0.3) is 10.0 Å². The summed E-state index contributed by atoms with van der Waals surface area (Å²) in [6.07, 6.45) is 0.761. The molecule has 0 atom stereocenters. The Morgan fingerprint density at radius 3 is 2.61 bits per heavy atom. The molecule has 1 aliphatic rings. The molecule has 0 amide bonds. The highest BCUT2D eigenvalue weighted by Gasteiger charge is 2.19. The lowest BCUT2D eigenvalue weighted by Crippen LogP contribution is -2.14. The highest BCUT2D eigenvalue weighted by Crippen LogP contribution is 2.33. The zero-order valence-electron chi connectivity index (χ0n) is 12.5. The maximum atomic E-state index is 12.6. The van der Waals surface area contributed by atoms with Crippen LogP contribution in [0.15, 0.2) is 41.3 Å². The second-order valence-corrected chi connectivity index (χ2v) is 7.27. The normalized spacial score (nSPS) is 14.2. The van der Waals surface area contributed by atoms with Crippen LogP contribution >= 0.6 is 11.6 Å². The van der Waals surface area contributed by atoms with E-state index in [1.54, 1.807) is 31.2 Å². The van der Waals surface area contributed by atoms with Gasteiger partial charge in [-0.15, -0.1) is 0 Å². The lowest BCUT2D eigenvalue weighted by molar-refractivity contribution is 0.297. The summed E-state index contributed by atoms with van der Waals surface area (Å²) in [4.78, 5) is 0.112. The molecule has 0 aliphatic carbocycles. The van der Waals surface area contributed by atoms with Crippen molar-refractivity contribution in [1.29, 1.82) is 0 Å². The summed E-state index contributed by atoms with van der Waals surface area (Å²) in [5, 5.41) is 0.504. The van der Waals surface area contributed by atoms with Crippen molar-refractivity contribution in [1.82, 2.24) is 0 Å². The van der Waals surface area contributed by atoms with Gasteiger partial charge in [-0.3, -0.25) is 4.72 Å². The predicted octanol–water partition coefficient (Wildman–Crippen LogP) is 3.61. The molecule has 0 spiro atoms. The number of halogens is 1. The van der Waals surface area contributed by atoms with Crippen LogP contribution in [0.3, 0.4) is 0 Å². The number of ether oxygens (including phenoxy) is 2. The summed E-state index contributed by atoms with van der Waals surface area (Å²) in [5.41, 5.74) is 1.12. The van der Waals surface area contributed by atoms with Gasteiger partial charge in [0.05, 0.1) is 23.8 Å². The lowest BCUT2D eigenvalue weighted by atomic mass is 10.2. The van der Waals surface area contributed by atoms with Gasteiger partial charge in [0.15, 0.2) is 11.5 Å². The Hall–Kier alpha value is -1.92. The van der Waals surface area contributed by atoms with Gasteiger partial charge in [-0.2, -0.15) is 0 Å². The first-order chi connectivity index (χ1) is 11.0. The Bertz CT molecular complexity index is 836. The van der Waals surface area contributed by atoms with Crippen molar-refractivity contribution < 1.29 is 17.9 Å². The molecule has 0 aromatic heterocycles. The van der Waals surface area contributed by atoms with Crippen molar-refractivity contribution >= 4 is 27.3 Å². The molecule has 0 fully saturated rings. The molecule has 23 heavy (non-hydrogen) atoms. The lowest BCUT2D eigenvalue weighted by Gasteiger charge is -2.13. The van der Waals surface area contributed by atoms with Gasteiger partial charge < -0.3 is 9.47 Å². The van der Waals surface area contributed by atoms with Gasteiger partial charge in [-0.05, 0) is 36.8 Å². The van der Waals surface area contributed by atoms with Crippen LogP contribution in [-0.2, 0) is 10.0 Å². The van der Waals surface area contributed by atoms with Crippen molar-refractivity contribution in [3.05, 3.63) is 47.0 Å². The third-order valence-electron chi connectivity index (χ3n) is 3.54. The molecule has 0 saturated heterocycles. The Labute approximate surface area is 140 Å². The third kappa shape index (κ3) is 3.38. The molecule has 5 nitrogen and oxygen atoms in total. The fourth-order valence-corrected chi connectivity index (χ4v) is 3.54.